The van der Waals surface area contributed by atoms with Crippen LogP contribution in [-0.2, 0) is 14.3 Å². The fourth-order valence-electron chi connectivity index (χ4n) is 3.22. The third-order valence-electron chi connectivity index (χ3n) is 4.74. The largest absolute Gasteiger partial charge is 0.462 e. The third kappa shape index (κ3) is 4.73. The molecule has 0 aromatic heterocycles. The molecule has 0 radical (unpaired) electrons. The summed E-state index contributed by atoms with van der Waals surface area (Å²) < 4.78 is 10.7. The van der Waals surface area contributed by atoms with Gasteiger partial charge < -0.3 is 14.8 Å². The van der Waals surface area contributed by atoms with E-state index in [1.807, 2.05) is 30.3 Å². The Labute approximate surface area is 195 Å². The first-order valence-electron chi connectivity index (χ1n) is 10.1. The lowest BCUT2D eigenvalue weighted by Gasteiger charge is -2.16. The molecule has 3 aromatic rings. The van der Waals surface area contributed by atoms with Crippen molar-refractivity contribution in [2.24, 2.45) is 0 Å². The quantitative estimate of drug-likeness (QED) is 0.389. The predicted octanol–water partition coefficient (Wildman–Crippen LogP) is 5.09. The van der Waals surface area contributed by atoms with E-state index in [0.29, 0.717) is 28.4 Å². The number of hydrogen-bond donors (Lipinski definition) is 1. The number of rotatable bonds is 7. The number of nitrogens with zero attached hydrogens (tertiary/aromatic N) is 1. The Bertz CT molecular complexity index is 1240. The first-order chi connectivity index (χ1) is 16.0. The van der Waals surface area contributed by atoms with Crippen molar-refractivity contribution >= 4 is 40.8 Å². The van der Waals surface area contributed by atoms with Crippen LogP contribution in [-0.4, -0.2) is 24.4 Å². The smallest absolute Gasteiger partial charge is 0.338 e. The normalized spacial score (nSPS) is 13.3. The van der Waals surface area contributed by atoms with Gasteiger partial charge in [-0.15, -0.1) is 0 Å². The summed E-state index contributed by atoms with van der Waals surface area (Å²) in [7, 11) is 0. The fourth-order valence-corrected chi connectivity index (χ4v) is 3.43. The molecule has 8 heteroatoms. The summed E-state index contributed by atoms with van der Waals surface area (Å²) in [5.41, 5.74) is 0.998. The summed E-state index contributed by atoms with van der Waals surface area (Å²) in [6.45, 7) is 1.95. The zero-order valence-electron chi connectivity index (χ0n) is 17.6. The number of carbonyl (C=O) groups excluding carboxylic acids is 3. The van der Waals surface area contributed by atoms with Crippen LogP contribution in [0.5, 0.6) is 11.5 Å². The van der Waals surface area contributed by atoms with Crippen LogP contribution < -0.4 is 15.0 Å². The molecule has 0 fully saturated rings. The van der Waals surface area contributed by atoms with Crippen molar-refractivity contribution in [3.8, 4) is 11.5 Å². The Morgan fingerprint density at radius 3 is 2.30 bits per heavy atom. The van der Waals surface area contributed by atoms with Gasteiger partial charge in [-0.2, -0.15) is 0 Å². The molecule has 0 unspecified atom stereocenters. The van der Waals surface area contributed by atoms with Crippen molar-refractivity contribution in [2.45, 2.75) is 6.92 Å². The van der Waals surface area contributed by atoms with Crippen LogP contribution in [0.2, 0.25) is 0 Å². The summed E-state index contributed by atoms with van der Waals surface area (Å²) in [5, 5.41) is 2.61. The van der Waals surface area contributed by atoms with E-state index in [-0.39, 0.29) is 17.3 Å². The van der Waals surface area contributed by atoms with E-state index in [4.69, 9.17) is 21.1 Å². The maximum atomic E-state index is 13.0. The molecule has 0 atom stereocenters. The Hall–Kier alpha value is -4.10. The van der Waals surface area contributed by atoms with E-state index in [1.165, 1.54) is 6.07 Å². The highest BCUT2D eigenvalue weighted by atomic mass is 35.5. The molecular formula is C25H19ClN2O5. The van der Waals surface area contributed by atoms with E-state index in [1.54, 1.807) is 49.4 Å². The molecule has 1 aliphatic rings. The number of anilines is 2. The van der Waals surface area contributed by atoms with Crippen molar-refractivity contribution < 1.29 is 23.9 Å². The van der Waals surface area contributed by atoms with E-state index in [2.05, 4.69) is 5.32 Å². The van der Waals surface area contributed by atoms with E-state index < -0.39 is 17.8 Å². The average molecular weight is 463 g/mol. The molecule has 1 heterocycles. The Morgan fingerprint density at radius 1 is 0.909 bits per heavy atom. The second-order valence-corrected chi connectivity index (χ2v) is 7.35. The minimum absolute atomic E-state index is 0.0766. The molecule has 33 heavy (non-hydrogen) atoms. The molecule has 7 nitrogen and oxygen atoms in total. The first-order valence-corrected chi connectivity index (χ1v) is 10.5. The van der Waals surface area contributed by atoms with Gasteiger partial charge in [-0.3, -0.25) is 9.59 Å². The lowest BCUT2D eigenvalue weighted by molar-refractivity contribution is -0.120. The molecule has 0 aliphatic carbocycles. The average Bonchev–Trinajstić information content (AvgIpc) is 3.04. The van der Waals surface area contributed by atoms with Crippen LogP contribution in [0.25, 0.3) is 0 Å². The summed E-state index contributed by atoms with van der Waals surface area (Å²) >= 11 is 6.20. The second-order valence-electron chi connectivity index (χ2n) is 6.97. The minimum atomic E-state index is -0.651. The van der Waals surface area contributed by atoms with Crippen molar-refractivity contribution in [1.82, 2.24) is 0 Å². The molecule has 0 bridgehead atoms. The highest BCUT2D eigenvalue weighted by Gasteiger charge is 2.39. The van der Waals surface area contributed by atoms with E-state index in [9.17, 15) is 14.4 Å². The summed E-state index contributed by atoms with van der Waals surface area (Å²) in [4.78, 5) is 38.7. The summed E-state index contributed by atoms with van der Waals surface area (Å²) in [6.07, 6.45) is 0. The standard InChI is InChI=1S/C25H19ClN2O5/c1-2-32-25(31)16-7-6-8-17(15-16)27-22-21(26)23(29)28(24(22)30)18-11-13-20(14-12-18)33-19-9-4-3-5-10-19/h3-15,27H,2H2,1H3. The molecule has 166 valence electrons. The highest BCUT2D eigenvalue weighted by Crippen LogP contribution is 2.32. The monoisotopic (exact) mass is 462 g/mol. The second kappa shape index (κ2) is 9.58. The van der Waals surface area contributed by atoms with Crippen LogP contribution in [0.3, 0.4) is 0 Å². The zero-order valence-corrected chi connectivity index (χ0v) is 18.3. The third-order valence-corrected chi connectivity index (χ3v) is 5.09. The van der Waals surface area contributed by atoms with Gasteiger partial charge in [0.25, 0.3) is 11.8 Å². The van der Waals surface area contributed by atoms with Crippen molar-refractivity contribution in [3.05, 3.63) is 95.2 Å². The lowest BCUT2D eigenvalue weighted by Crippen LogP contribution is -2.32. The SMILES string of the molecule is CCOC(=O)c1cccc(NC2=C(Cl)C(=O)N(c3ccc(Oc4ccccc4)cc3)C2=O)c1. The zero-order chi connectivity index (χ0) is 23.4. The number of imide groups is 1. The minimum Gasteiger partial charge on any atom is -0.462 e. The van der Waals surface area contributed by atoms with Gasteiger partial charge in [0.2, 0.25) is 0 Å². The van der Waals surface area contributed by atoms with Gasteiger partial charge in [0.15, 0.2) is 0 Å². The number of ether oxygens (including phenoxy) is 2. The van der Waals surface area contributed by atoms with Gasteiger partial charge in [-0.05, 0) is 61.5 Å². The van der Waals surface area contributed by atoms with Crippen molar-refractivity contribution in [1.29, 1.82) is 0 Å². The number of benzene rings is 3. The predicted molar refractivity (Wildman–Crippen MR) is 124 cm³/mol. The first kappa shape index (κ1) is 22.1. The van der Waals surface area contributed by atoms with Crippen LogP contribution >= 0.6 is 11.6 Å². The Kier molecular flexibility index (Phi) is 6.42. The number of nitrogens with one attached hydrogen (secondary N) is 1. The van der Waals surface area contributed by atoms with E-state index >= 15 is 0 Å². The fraction of sp³-hybridized carbons (Fsp3) is 0.0800. The van der Waals surface area contributed by atoms with Gasteiger partial charge >= 0.3 is 5.97 Å². The summed E-state index contributed by atoms with van der Waals surface area (Å²) in [6, 6.07) is 22.1. The number of amides is 2. The number of hydrogen-bond acceptors (Lipinski definition) is 6. The number of esters is 1. The van der Waals surface area contributed by atoms with Gasteiger partial charge in [0.05, 0.1) is 17.9 Å². The number of carbonyl (C=O) groups is 3. The van der Waals surface area contributed by atoms with Gasteiger partial charge in [0.1, 0.15) is 22.2 Å². The van der Waals surface area contributed by atoms with Crippen LogP contribution in [0.1, 0.15) is 17.3 Å². The molecule has 0 saturated carbocycles. The molecule has 4 rings (SSSR count). The molecule has 2 amide bonds. The van der Waals surface area contributed by atoms with Gasteiger partial charge in [0, 0.05) is 5.69 Å². The molecule has 3 aromatic carbocycles. The number of halogens is 1. The maximum absolute atomic E-state index is 13.0. The number of para-hydroxylation sites is 1. The molecule has 0 saturated heterocycles. The van der Waals surface area contributed by atoms with Gasteiger partial charge in [-0.25, -0.2) is 9.69 Å². The van der Waals surface area contributed by atoms with Crippen molar-refractivity contribution in [2.75, 3.05) is 16.8 Å². The van der Waals surface area contributed by atoms with Crippen molar-refractivity contribution in [3.63, 3.8) is 0 Å². The van der Waals surface area contributed by atoms with E-state index in [0.717, 1.165) is 4.90 Å². The molecule has 0 spiro atoms. The van der Waals surface area contributed by atoms with Gasteiger partial charge in [-0.1, -0.05) is 35.9 Å². The summed E-state index contributed by atoms with van der Waals surface area (Å²) in [5.74, 6) is -0.530. The lowest BCUT2D eigenvalue weighted by atomic mass is 10.2. The highest BCUT2D eigenvalue weighted by molar-refractivity contribution is 6.53. The Morgan fingerprint density at radius 2 is 1.61 bits per heavy atom. The van der Waals surface area contributed by atoms with Crippen LogP contribution in [0.15, 0.2) is 89.6 Å². The van der Waals surface area contributed by atoms with Crippen LogP contribution in [0.4, 0.5) is 11.4 Å². The van der Waals surface area contributed by atoms with Crippen LogP contribution in [0, 0.1) is 0 Å². The molecule has 1 aliphatic heterocycles. The maximum Gasteiger partial charge on any atom is 0.338 e. The Balaban J connectivity index is 1.51. The topological polar surface area (TPSA) is 84.9 Å². The molecular weight excluding hydrogens is 444 g/mol. The molecule has 1 N–H and O–H groups in total.